The Balaban J connectivity index is 3.00. The lowest BCUT2D eigenvalue weighted by molar-refractivity contribution is 1.29. The first-order valence-electron chi connectivity index (χ1n) is 3.08. The van der Waals surface area contributed by atoms with Crippen molar-refractivity contribution in [2.24, 2.45) is 0 Å². The van der Waals surface area contributed by atoms with Crippen molar-refractivity contribution in [2.75, 3.05) is 0 Å². The maximum Gasteiger partial charge on any atom is 0.0624 e. The summed E-state index contributed by atoms with van der Waals surface area (Å²) >= 11 is 0. The van der Waals surface area contributed by atoms with Gasteiger partial charge in [0, 0.05) is 6.20 Å². The Labute approximate surface area is 60.7 Å². The van der Waals surface area contributed by atoms with E-state index < -0.39 is 0 Å². The van der Waals surface area contributed by atoms with Crippen molar-refractivity contribution in [1.82, 2.24) is 4.98 Å². The summed E-state index contributed by atoms with van der Waals surface area (Å²) in [6, 6.07) is 3.86. The van der Waals surface area contributed by atoms with Gasteiger partial charge in [-0.15, -0.1) is 0 Å². The molecule has 0 N–H and O–H groups in total. The first kappa shape index (κ1) is 6.75. The summed E-state index contributed by atoms with van der Waals surface area (Å²) in [6.45, 7) is 7.22. The minimum Gasteiger partial charge on any atom is -0.256 e. The molecule has 1 aromatic heterocycles. The van der Waals surface area contributed by atoms with Crippen molar-refractivity contribution >= 4 is 12.2 Å². The van der Waals surface area contributed by atoms with Crippen LogP contribution in [0.4, 0.5) is 0 Å². The fraction of sp³-hybridized carbons (Fsp3) is 0. The maximum atomic E-state index is 4.08. The monoisotopic (exact) mass is 131 g/mol. The SMILES string of the molecule is C=Cc1ccc(C=C)nc1. The lowest BCUT2D eigenvalue weighted by Crippen LogP contribution is -1.79. The molecule has 1 heterocycles. The summed E-state index contributed by atoms with van der Waals surface area (Å²) in [4.78, 5) is 4.08. The summed E-state index contributed by atoms with van der Waals surface area (Å²) < 4.78 is 0. The standard InChI is InChI=1S/C9H9N/c1-3-8-5-6-9(4-2)10-7-8/h3-7H,1-2H2. The molecule has 1 rings (SSSR count). The van der Waals surface area contributed by atoms with E-state index in [1.165, 1.54) is 0 Å². The molecule has 0 aliphatic rings. The molecule has 0 fully saturated rings. The van der Waals surface area contributed by atoms with E-state index in [9.17, 15) is 0 Å². The fourth-order valence-corrected chi connectivity index (χ4v) is 0.658. The highest BCUT2D eigenvalue weighted by molar-refractivity contribution is 5.49. The van der Waals surface area contributed by atoms with Gasteiger partial charge in [0.05, 0.1) is 5.69 Å². The van der Waals surface area contributed by atoms with E-state index in [2.05, 4.69) is 18.1 Å². The van der Waals surface area contributed by atoms with Crippen LogP contribution >= 0.6 is 0 Å². The summed E-state index contributed by atoms with van der Waals surface area (Å²) in [7, 11) is 0. The average Bonchev–Trinajstić information content (AvgIpc) is 2.05. The van der Waals surface area contributed by atoms with E-state index in [-0.39, 0.29) is 0 Å². The summed E-state index contributed by atoms with van der Waals surface area (Å²) in [5.41, 5.74) is 1.93. The normalized spacial score (nSPS) is 8.80. The largest absolute Gasteiger partial charge is 0.256 e. The molecule has 0 unspecified atom stereocenters. The van der Waals surface area contributed by atoms with Gasteiger partial charge in [0.15, 0.2) is 0 Å². The highest BCUT2D eigenvalue weighted by atomic mass is 14.7. The highest BCUT2D eigenvalue weighted by Crippen LogP contribution is 2.01. The molecule has 0 spiro atoms. The lowest BCUT2D eigenvalue weighted by Gasteiger charge is -1.91. The predicted molar refractivity (Wildman–Crippen MR) is 44.4 cm³/mol. The van der Waals surface area contributed by atoms with E-state index in [0.29, 0.717) is 0 Å². The molecule has 1 nitrogen and oxygen atoms in total. The molecule has 0 radical (unpaired) electrons. The summed E-state index contributed by atoms with van der Waals surface area (Å²) in [5, 5.41) is 0. The number of rotatable bonds is 2. The van der Waals surface area contributed by atoms with Crippen LogP contribution in [0, 0.1) is 0 Å². The van der Waals surface area contributed by atoms with Crippen molar-refractivity contribution in [3.05, 3.63) is 42.7 Å². The lowest BCUT2D eigenvalue weighted by atomic mass is 10.2. The molecule has 1 aromatic rings. The van der Waals surface area contributed by atoms with Crippen LogP contribution in [0.15, 0.2) is 31.5 Å². The third-order valence-corrected chi connectivity index (χ3v) is 1.25. The average molecular weight is 131 g/mol. The minimum absolute atomic E-state index is 0.894. The van der Waals surface area contributed by atoms with Crippen molar-refractivity contribution < 1.29 is 0 Å². The zero-order valence-corrected chi connectivity index (χ0v) is 5.75. The summed E-state index contributed by atoms with van der Waals surface area (Å²) in [5.74, 6) is 0. The number of pyridine rings is 1. The van der Waals surface area contributed by atoms with Gasteiger partial charge in [-0.3, -0.25) is 4.98 Å². The third-order valence-electron chi connectivity index (χ3n) is 1.25. The van der Waals surface area contributed by atoms with E-state index >= 15 is 0 Å². The van der Waals surface area contributed by atoms with Gasteiger partial charge >= 0.3 is 0 Å². The van der Waals surface area contributed by atoms with E-state index in [4.69, 9.17) is 0 Å². The zero-order valence-electron chi connectivity index (χ0n) is 5.75. The second-order valence-corrected chi connectivity index (χ2v) is 1.92. The van der Waals surface area contributed by atoms with Crippen LogP contribution in [-0.2, 0) is 0 Å². The van der Waals surface area contributed by atoms with Crippen molar-refractivity contribution in [3.8, 4) is 0 Å². The zero-order chi connectivity index (χ0) is 7.40. The van der Waals surface area contributed by atoms with Gasteiger partial charge in [-0.1, -0.05) is 25.3 Å². The quantitative estimate of drug-likeness (QED) is 0.600. The van der Waals surface area contributed by atoms with Crippen LogP contribution in [0.25, 0.3) is 12.2 Å². The molecule has 0 saturated heterocycles. The number of hydrogen-bond acceptors (Lipinski definition) is 1. The van der Waals surface area contributed by atoms with Crippen LogP contribution in [0.2, 0.25) is 0 Å². The van der Waals surface area contributed by atoms with Gasteiger partial charge < -0.3 is 0 Å². The molecule has 0 amide bonds. The predicted octanol–water partition coefficient (Wildman–Crippen LogP) is 2.37. The van der Waals surface area contributed by atoms with Crippen LogP contribution < -0.4 is 0 Å². The number of hydrogen-bond donors (Lipinski definition) is 0. The molecule has 0 aliphatic carbocycles. The first-order valence-corrected chi connectivity index (χ1v) is 3.08. The molecule has 1 heteroatoms. The Morgan fingerprint density at radius 1 is 1.20 bits per heavy atom. The third kappa shape index (κ3) is 1.32. The van der Waals surface area contributed by atoms with Crippen LogP contribution in [0.5, 0.6) is 0 Å². The number of aromatic nitrogens is 1. The minimum atomic E-state index is 0.894. The van der Waals surface area contributed by atoms with Crippen molar-refractivity contribution in [2.45, 2.75) is 0 Å². The van der Waals surface area contributed by atoms with Gasteiger partial charge in [-0.2, -0.15) is 0 Å². The second-order valence-electron chi connectivity index (χ2n) is 1.92. The van der Waals surface area contributed by atoms with Crippen molar-refractivity contribution in [3.63, 3.8) is 0 Å². The van der Waals surface area contributed by atoms with E-state index in [1.54, 1.807) is 18.3 Å². The maximum absolute atomic E-state index is 4.08. The Kier molecular flexibility index (Phi) is 2.00. The highest BCUT2D eigenvalue weighted by Gasteiger charge is 1.85. The molecular formula is C9H9N. The van der Waals surface area contributed by atoms with Gasteiger partial charge in [0.25, 0.3) is 0 Å². The Morgan fingerprint density at radius 2 is 2.00 bits per heavy atom. The molecular weight excluding hydrogens is 122 g/mol. The molecule has 10 heavy (non-hydrogen) atoms. The molecule has 0 saturated carbocycles. The van der Waals surface area contributed by atoms with Gasteiger partial charge in [0.2, 0.25) is 0 Å². The fourth-order valence-electron chi connectivity index (χ4n) is 0.658. The Bertz CT molecular complexity index is 206. The van der Waals surface area contributed by atoms with Crippen molar-refractivity contribution in [1.29, 1.82) is 0 Å². The van der Waals surface area contributed by atoms with Gasteiger partial charge in [-0.25, -0.2) is 0 Å². The van der Waals surface area contributed by atoms with Gasteiger partial charge in [-0.05, 0) is 17.7 Å². The Hall–Kier alpha value is -1.37. The van der Waals surface area contributed by atoms with Crippen LogP contribution in [-0.4, -0.2) is 4.98 Å². The van der Waals surface area contributed by atoms with Crippen LogP contribution in [0.3, 0.4) is 0 Å². The molecule has 0 atom stereocenters. The summed E-state index contributed by atoms with van der Waals surface area (Å²) in [6.07, 6.45) is 5.25. The number of nitrogens with zero attached hydrogens (tertiary/aromatic N) is 1. The van der Waals surface area contributed by atoms with E-state index in [0.717, 1.165) is 11.3 Å². The molecule has 50 valence electrons. The molecule has 0 bridgehead atoms. The molecule has 0 aromatic carbocycles. The first-order chi connectivity index (χ1) is 4.86. The topological polar surface area (TPSA) is 12.9 Å². The smallest absolute Gasteiger partial charge is 0.0624 e. The second kappa shape index (κ2) is 2.97. The Morgan fingerprint density at radius 3 is 2.40 bits per heavy atom. The molecule has 0 aliphatic heterocycles. The van der Waals surface area contributed by atoms with Crippen LogP contribution in [0.1, 0.15) is 11.3 Å². The van der Waals surface area contributed by atoms with E-state index in [1.807, 2.05) is 12.1 Å². The van der Waals surface area contributed by atoms with Gasteiger partial charge in [0.1, 0.15) is 0 Å².